The van der Waals surface area contributed by atoms with Crippen LogP contribution in [0.4, 0.5) is 0 Å². The van der Waals surface area contributed by atoms with E-state index in [0.717, 1.165) is 5.56 Å². The van der Waals surface area contributed by atoms with Gasteiger partial charge < -0.3 is 20.3 Å². The number of halogens is 1. The number of nitrogens with two attached hydrogens (primary N) is 1. The van der Waals surface area contributed by atoms with Crippen molar-refractivity contribution in [1.82, 2.24) is 0 Å². The summed E-state index contributed by atoms with van der Waals surface area (Å²) in [5.41, 5.74) is 7.42. The third kappa shape index (κ3) is 3.52. The Bertz CT molecular complexity index is 476. The zero-order valence-corrected chi connectivity index (χ0v) is 12.0. The van der Waals surface area contributed by atoms with Crippen molar-refractivity contribution in [1.29, 1.82) is 0 Å². The molecule has 3 N–H and O–H groups in total. The van der Waals surface area contributed by atoms with Crippen LogP contribution in [0.2, 0.25) is 5.02 Å². The molecule has 0 aliphatic rings. The van der Waals surface area contributed by atoms with E-state index in [-0.39, 0.29) is 12.8 Å². The first-order valence-corrected chi connectivity index (χ1v) is 6.18. The predicted octanol–water partition coefficient (Wildman–Crippen LogP) is 2.53. The molecule has 19 heavy (non-hydrogen) atoms. The van der Waals surface area contributed by atoms with Crippen molar-refractivity contribution in [2.45, 2.75) is 25.8 Å². The lowest BCUT2D eigenvalue weighted by atomic mass is 9.99. The number of carboxylic acids is 1. The number of carbonyl (C=O) groups is 1. The van der Waals surface area contributed by atoms with E-state index in [4.69, 9.17) is 31.9 Å². The molecule has 0 saturated heterocycles. The number of benzene rings is 1. The summed E-state index contributed by atoms with van der Waals surface area (Å²) in [5, 5.41) is 9.08. The van der Waals surface area contributed by atoms with Crippen LogP contribution >= 0.6 is 11.6 Å². The molecule has 6 heteroatoms. The van der Waals surface area contributed by atoms with E-state index in [1.54, 1.807) is 6.07 Å². The van der Waals surface area contributed by atoms with E-state index in [1.165, 1.54) is 14.2 Å². The van der Waals surface area contributed by atoms with Crippen LogP contribution in [0, 0.1) is 6.92 Å². The number of ether oxygens (including phenoxy) is 2. The Labute approximate surface area is 117 Å². The van der Waals surface area contributed by atoms with Crippen LogP contribution in [0.5, 0.6) is 11.5 Å². The number of carboxylic acid groups (broad SMARTS) is 1. The highest BCUT2D eigenvalue weighted by molar-refractivity contribution is 6.33. The Balaban J connectivity index is 3.20. The maximum Gasteiger partial charge on any atom is 0.303 e. The highest BCUT2D eigenvalue weighted by atomic mass is 35.5. The molecular formula is C13H18ClNO4. The average Bonchev–Trinajstić information content (AvgIpc) is 2.35. The van der Waals surface area contributed by atoms with Crippen molar-refractivity contribution >= 4 is 17.6 Å². The van der Waals surface area contributed by atoms with Gasteiger partial charge in [0.15, 0.2) is 0 Å². The summed E-state index contributed by atoms with van der Waals surface area (Å²) in [5.74, 6) is 0.175. The van der Waals surface area contributed by atoms with Crippen LogP contribution in [0.25, 0.3) is 0 Å². The van der Waals surface area contributed by atoms with E-state index in [2.05, 4.69) is 0 Å². The zero-order chi connectivity index (χ0) is 14.6. The van der Waals surface area contributed by atoms with Gasteiger partial charge in [-0.25, -0.2) is 0 Å². The smallest absolute Gasteiger partial charge is 0.303 e. The fourth-order valence-corrected chi connectivity index (χ4v) is 2.39. The zero-order valence-electron chi connectivity index (χ0n) is 11.2. The van der Waals surface area contributed by atoms with E-state index in [0.29, 0.717) is 22.1 Å². The third-order valence-corrected chi connectivity index (χ3v) is 3.25. The Morgan fingerprint density at radius 3 is 2.58 bits per heavy atom. The Morgan fingerprint density at radius 2 is 2.11 bits per heavy atom. The largest absolute Gasteiger partial charge is 0.496 e. The van der Waals surface area contributed by atoms with Gasteiger partial charge in [0.1, 0.15) is 11.5 Å². The van der Waals surface area contributed by atoms with Gasteiger partial charge in [0.05, 0.1) is 19.2 Å². The van der Waals surface area contributed by atoms with Gasteiger partial charge in [-0.15, -0.1) is 0 Å². The van der Waals surface area contributed by atoms with E-state index in [1.807, 2.05) is 6.92 Å². The fraction of sp³-hybridized carbons (Fsp3) is 0.462. The molecule has 1 rings (SSSR count). The summed E-state index contributed by atoms with van der Waals surface area (Å²) in [4.78, 5) is 10.6. The highest BCUT2D eigenvalue weighted by Crippen LogP contribution is 2.41. The third-order valence-electron chi connectivity index (χ3n) is 2.87. The summed E-state index contributed by atoms with van der Waals surface area (Å²) in [7, 11) is 3.04. The van der Waals surface area contributed by atoms with Crippen LogP contribution in [0.3, 0.4) is 0 Å². The summed E-state index contributed by atoms with van der Waals surface area (Å²) in [6.07, 6.45) is 0.245. The van der Waals surface area contributed by atoms with Crippen LogP contribution in [0.15, 0.2) is 6.07 Å². The van der Waals surface area contributed by atoms with Gasteiger partial charge in [-0.05, 0) is 25.0 Å². The average molecular weight is 288 g/mol. The second-order valence-corrected chi connectivity index (χ2v) is 4.57. The van der Waals surface area contributed by atoms with Gasteiger partial charge in [0.25, 0.3) is 0 Å². The van der Waals surface area contributed by atoms with Gasteiger partial charge in [0.2, 0.25) is 0 Å². The molecule has 0 amide bonds. The fourth-order valence-electron chi connectivity index (χ4n) is 1.93. The standard InChI is InChI=1S/C13H18ClNO4/c1-7-6-9(18-2)11(12(14)13(7)19-3)8(15)4-5-10(16)17/h6,8H,4-5,15H2,1-3H3,(H,16,17). The van der Waals surface area contributed by atoms with Crippen molar-refractivity contribution < 1.29 is 19.4 Å². The molecule has 0 aromatic heterocycles. The Morgan fingerprint density at radius 1 is 1.47 bits per heavy atom. The van der Waals surface area contributed by atoms with Gasteiger partial charge in [-0.1, -0.05) is 11.6 Å². The maximum atomic E-state index is 10.6. The first-order chi connectivity index (χ1) is 8.92. The molecule has 1 atom stereocenters. The summed E-state index contributed by atoms with van der Waals surface area (Å²) < 4.78 is 10.5. The van der Waals surface area contributed by atoms with E-state index >= 15 is 0 Å². The molecule has 0 aliphatic heterocycles. The van der Waals surface area contributed by atoms with Crippen LogP contribution < -0.4 is 15.2 Å². The number of rotatable bonds is 6. The first kappa shape index (κ1) is 15.6. The molecule has 0 aliphatic carbocycles. The van der Waals surface area contributed by atoms with Gasteiger partial charge in [-0.3, -0.25) is 4.79 Å². The number of aryl methyl sites for hydroxylation is 1. The minimum absolute atomic E-state index is 0.0309. The molecular weight excluding hydrogens is 270 g/mol. The second-order valence-electron chi connectivity index (χ2n) is 4.20. The predicted molar refractivity (Wildman–Crippen MR) is 73.1 cm³/mol. The maximum absolute atomic E-state index is 10.6. The number of aliphatic carboxylic acids is 1. The molecule has 1 aromatic rings. The van der Waals surface area contributed by atoms with Crippen molar-refractivity contribution in [3.63, 3.8) is 0 Å². The lowest BCUT2D eigenvalue weighted by Gasteiger charge is -2.20. The molecule has 0 spiro atoms. The first-order valence-electron chi connectivity index (χ1n) is 5.80. The molecule has 0 heterocycles. The van der Waals surface area contributed by atoms with Crippen molar-refractivity contribution in [2.75, 3.05) is 14.2 Å². The normalized spacial score (nSPS) is 12.1. The van der Waals surface area contributed by atoms with Crippen molar-refractivity contribution in [2.24, 2.45) is 5.73 Å². The van der Waals surface area contributed by atoms with Gasteiger partial charge >= 0.3 is 5.97 Å². The highest BCUT2D eigenvalue weighted by Gasteiger charge is 2.21. The lowest BCUT2D eigenvalue weighted by Crippen LogP contribution is -2.14. The quantitative estimate of drug-likeness (QED) is 0.840. The lowest BCUT2D eigenvalue weighted by molar-refractivity contribution is -0.137. The topological polar surface area (TPSA) is 81.8 Å². The molecule has 5 nitrogen and oxygen atoms in total. The number of methoxy groups -OCH3 is 2. The SMILES string of the molecule is COc1cc(C)c(OC)c(Cl)c1C(N)CCC(=O)O. The molecule has 1 unspecified atom stereocenters. The van der Waals surface area contributed by atoms with Gasteiger partial charge in [0, 0.05) is 18.0 Å². The minimum atomic E-state index is -0.899. The number of hydrogen-bond donors (Lipinski definition) is 2. The van der Waals surface area contributed by atoms with E-state index in [9.17, 15) is 4.79 Å². The molecule has 1 aromatic carbocycles. The van der Waals surface area contributed by atoms with Crippen LogP contribution in [0.1, 0.15) is 30.0 Å². The monoisotopic (exact) mass is 287 g/mol. The van der Waals surface area contributed by atoms with Crippen molar-refractivity contribution in [3.8, 4) is 11.5 Å². The second kappa shape index (κ2) is 6.63. The summed E-state index contributed by atoms with van der Waals surface area (Å²) in [6, 6.07) is 1.26. The summed E-state index contributed by atoms with van der Waals surface area (Å²) in [6.45, 7) is 1.85. The Kier molecular flexibility index (Phi) is 5.44. The molecule has 0 fully saturated rings. The minimum Gasteiger partial charge on any atom is -0.496 e. The molecule has 0 radical (unpaired) electrons. The Hall–Kier alpha value is -1.46. The number of hydrogen-bond acceptors (Lipinski definition) is 4. The van der Waals surface area contributed by atoms with Crippen LogP contribution in [-0.2, 0) is 4.79 Å². The summed E-state index contributed by atoms with van der Waals surface area (Å²) >= 11 is 6.28. The van der Waals surface area contributed by atoms with Gasteiger partial charge in [-0.2, -0.15) is 0 Å². The van der Waals surface area contributed by atoms with Crippen molar-refractivity contribution in [3.05, 3.63) is 22.2 Å². The van der Waals surface area contributed by atoms with E-state index < -0.39 is 12.0 Å². The molecule has 0 saturated carbocycles. The van der Waals surface area contributed by atoms with Crippen LogP contribution in [-0.4, -0.2) is 25.3 Å². The molecule has 0 bridgehead atoms. The molecule has 106 valence electrons.